The third-order valence-corrected chi connectivity index (χ3v) is 6.82. The molecular weight excluding hydrogens is 424 g/mol. The predicted octanol–water partition coefficient (Wildman–Crippen LogP) is 4.03. The maximum absolute atomic E-state index is 15.7. The van der Waals surface area contributed by atoms with Gasteiger partial charge in [-0.15, -0.1) is 0 Å². The second kappa shape index (κ2) is 6.64. The van der Waals surface area contributed by atoms with Crippen LogP contribution in [0.4, 0.5) is 17.6 Å². The summed E-state index contributed by atoms with van der Waals surface area (Å²) in [7, 11) is -4.23. The van der Waals surface area contributed by atoms with Gasteiger partial charge in [-0.25, -0.2) is 8.78 Å². The van der Waals surface area contributed by atoms with Gasteiger partial charge in [-0.1, -0.05) is 18.2 Å². The number of aryl methyl sites for hydroxylation is 1. The van der Waals surface area contributed by atoms with Gasteiger partial charge in [0.05, 0.1) is 28.5 Å². The van der Waals surface area contributed by atoms with E-state index in [1.807, 2.05) is 0 Å². The minimum absolute atomic E-state index is 0.118. The van der Waals surface area contributed by atoms with E-state index in [0.717, 1.165) is 12.1 Å². The Morgan fingerprint density at radius 2 is 1.73 bits per heavy atom. The normalized spacial score (nSPS) is 19.1. The van der Waals surface area contributed by atoms with E-state index in [2.05, 4.69) is 5.10 Å². The number of aromatic nitrogens is 2. The van der Waals surface area contributed by atoms with E-state index in [4.69, 9.17) is 4.74 Å². The zero-order valence-electron chi connectivity index (χ0n) is 15.9. The van der Waals surface area contributed by atoms with Gasteiger partial charge < -0.3 is 4.74 Å². The lowest BCUT2D eigenvalue weighted by Gasteiger charge is -2.25. The van der Waals surface area contributed by atoms with Crippen LogP contribution in [-0.4, -0.2) is 24.2 Å². The lowest BCUT2D eigenvalue weighted by Crippen LogP contribution is -2.34. The van der Waals surface area contributed by atoms with E-state index in [0.29, 0.717) is 10.2 Å². The number of rotatable bonds is 5. The van der Waals surface area contributed by atoms with Crippen molar-refractivity contribution >= 4 is 10.0 Å². The highest BCUT2D eigenvalue weighted by atomic mass is 32.2. The van der Waals surface area contributed by atoms with Crippen molar-refractivity contribution < 1.29 is 30.7 Å². The molecule has 3 aromatic rings. The summed E-state index contributed by atoms with van der Waals surface area (Å²) in [6.07, 6.45) is 0. The fourth-order valence-electron chi connectivity index (χ4n) is 3.60. The Balaban J connectivity index is 1.86. The Morgan fingerprint density at radius 1 is 1.10 bits per heavy atom. The predicted molar refractivity (Wildman–Crippen MR) is 98.6 cm³/mol. The number of nitrogens with zero attached hydrogens (tertiary/aromatic N) is 2. The minimum atomic E-state index is -4.23. The standard InChI is InChI=1S/C20H16F4N2O3S/c1-12-18(13(2)26(25-12)30(27,28)15-6-4-3-5-7-15)20(23,24)19(11-29-19)16-9-8-14(21)10-17(16)22/h3-10H,11H2,1-2H3. The van der Waals surface area contributed by atoms with Gasteiger partial charge in [0.1, 0.15) is 11.6 Å². The Bertz CT molecular complexity index is 1240. The molecule has 1 aliphatic heterocycles. The number of alkyl halides is 2. The molecule has 0 amide bonds. The molecular formula is C20H16F4N2O3S. The van der Waals surface area contributed by atoms with Crippen molar-refractivity contribution in [3.8, 4) is 0 Å². The van der Waals surface area contributed by atoms with E-state index in [-0.39, 0.29) is 16.3 Å². The van der Waals surface area contributed by atoms with Crippen molar-refractivity contribution in [3.63, 3.8) is 0 Å². The molecule has 10 heteroatoms. The SMILES string of the molecule is Cc1nn(S(=O)(=O)c2ccccc2)c(C)c1C(F)(F)C1(c2ccc(F)cc2F)CO1. The van der Waals surface area contributed by atoms with Gasteiger partial charge in [0, 0.05) is 11.6 Å². The van der Waals surface area contributed by atoms with Gasteiger partial charge >= 0.3 is 5.92 Å². The van der Waals surface area contributed by atoms with Gasteiger partial charge in [-0.2, -0.15) is 26.4 Å². The second-order valence-electron chi connectivity index (χ2n) is 7.02. The molecule has 5 nitrogen and oxygen atoms in total. The fourth-order valence-corrected chi connectivity index (χ4v) is 4.98. The average Bonchev–Trinajstić information content (AvgIpc) is 3.43. The summed E-state index contributed by atoms with van der Waals surface area (Å²) in [6.45, 7) is 1.92. The highest BCUT2D eigenvalue weighted by molar-refractivity contribution is 7.89. The smallest absolute Gasteiger partial charge is 0.311 e. The molecule has 1 aliphatic rings. The largest absolute Gasteiger partial charge is 0.357 e. The molecule has 0 N–H and O–H groups in total. The van der Waals surface area contributed by atoms with E-state index >= 15 is 8.78 Å². The second-order valence-corrected chi connectivity index (χ2v) is 8.79. The van der Waals surface area contributed by atoms with Crippen molar-refractivity contribution in [2.45, 2.75) is 30.3 Å². The number of halogens is 4. The van der Waals surface area contributed by atoms with Gasteiger partial charge in [0.25, 0.3) is 10.0 Å². The van der Waals surface area contributed by atoms with Crippen LogP contribution in [0.3, 0.4) is 0 Å². The van der Waals surface area contributed by atoms with Crippen molar-refractivity contribution in [2.24, 2.45) is 0 Å². The summed E-state index contributed by atoms with van der Waals surface area (Å²) in [5, 5.41) is 3.84. The maximum atomic E-state index is 15.7. The van der Waals surface area contributed by atoms with Gasteiger partial charge in [0.2, 0.25) is 0 Å². The number of epoxide rings is 1. The molecule has 2 heterocycles. The molecule has 0 spiro atoms. The maximum Gasteiger partial charge on any atom is 0.311 e. The molecule has 1 fully saturated rings. The zero-order chi connectivity index (χ0) is 21.9. The monoisotopic (exact) mass is 440 g/mol. The van der Waals surface area contributed by atoms with Crippen LogP contribution in [-0.2, 0) is 26.3 Å². The third-order valence-electron chi connectivity index (χ3n) is 5.14. The first-order valence-electron chi connectivity index (χ1n) is 8.87. The van der Waals surface area contributed by atoms with Crippen LogP contribution in [0.1, 0.15) is 22.5 Å². The van der Waals surface area contributed by atoms with Gasteiger partial charge in [-0.05, 0) is 38.1 Å². The average molecular weight is 440 g/mol. The lowest BCUT2D eigenvalue weighted by molar-refractivity contribution is -0.0875. The quantitative estimate of drug-likeness (QED) is 0.444. The molecule has 30 heavy (non-hydrogen) atoms. The zero-order valence-corrected chi connectivity index (χ0v) is 16.7. The van der Waals surface area contributed by atoms with Crippen molar-refractivity contribution in [3.05, 3.63) is 82.7 Å². The first kappa shape index (κ1) is 20.5. The van der Waals surface area contributed by atoms with Crippen LogP contribution in [0.2, 0.25) is 0 Å². The highest BCUT2D eigenvalue weighted by Crippen LogP contribution is 2.58. The first-order chi connectivity index (χ1) is 14.0. The van der Waals surface area contributed by atoms with Gasteiger partial charge in [-0.3, -0.25) is 0 Å². The Kier molecular flexibility index (Phi) is 4.55. The number of ether oxygens (including phenoxy) is 1. The summed E-state index contributed by atoms with van der Waals surface area (Å²) >= 11 is 0. The molecule has 2 aromatic carbocycles. The number of hydrogen-bond donors (Lipinski definition) is 0. The van der Waals surface area contributed by atoms with Crippen molar-refractivity contribution in [2.75, 3.05) is 6.61 Å². The Hall–Kier alpha value is -2.72. The molecule has 1 unspecified atom stereocenters. The molecule has 158 valence electrons. The van der Waals surface area contributed by atoms with E-state index < -0.39 is 50.9 Å². The summed E-state index contributed by atoms with van der Waals surface area (Å²) in [6, 6.07) is 9.52. The van der Waals surface area contributed by atoms with Crippen LogP contribution in [0.15, 0.2) is 53.4 Å². The molecule has 1 atom stereocenters. The molecule has 0 saturated carbocycles. The summed E-state index contributed by atoms with van der Waals surface area (Å²) in [4.78, 5) is -0.118. The fraction of sp³-hybridized carbons (Fsp3) is 0.250. The van der Waals surface area contributed by atoms with Crippen LogP contribution in [0.25, 0.3) is 0 Å². The Morgan fingerprint density at radius 3 is 2.30 bits per heavy atom. The number of benzene rings is 2. The van der Waals surface area contributed by atoms with E-state index in [9.17, 15) is 17.2 Å². The van der Waals surface area contributed by atoms with Crippen LogP contribution < -0.4 is 0 Å². The van der Waals surface area contributed by atoms with E-state index in [1.165, 1.54) is 38.1 Å². The summed E-state index contributed by atoms with van der Waals surface area (Å²) in [5.74, 6) is -5.92. The van der Waals surface area contributed by atoms with Crippen molar-refractivity contribution in [1.29, 1.82) is 0 Å². The van der Waals surface area contributed by atoms with Crippen molar-refractivity contribution in [1.82, 2.24) is 9.19 Å². The first-order valence-corrected chi connectivity index (χ1v) is 10.3. The van der Waals surface area contributed by atoms with Crippen LogP contribution in [0.5, 0.6) is 0 Å². The molecule has 0 aliphatic carbocycles. The molecule has 1 saturated heterocycles. The topological polar surface area (TPSA) is 64.5 Å². The Labute approximate surface area is 170 Å². The minimum Gasteiger partial charge on any atom is -0.357 e. The molecule has 4 rings (SSSR count). The molecule has 0 radical (unpaired) electrons. The van der Waals surface area contributed by atoms with Crippen LogP contribution >= 0.6 is 0 Å². The van der Waals surface area contributed by atoms with Gasteiger partial charge in [0.15, 0.2) is 5.60 Å². The molecule has 0 bridgehead atoms. The highest BCUT2D eigenvalue weighted by Gasteiger charge is 2.68. The summed E-state index contributed by atoms with van der Waals surface area (Å²) < 4.78 is 90.2. The van der Waals surface area contributed by atoms with E-state index in [1.54, 1.807) is 6.07 Å². The molecule has 1 aromatic heterocycles. The van der Waals surface area contributed by atoms with Crippen LogP contribution in [0, 0.1) is 25.5 Å². The third kappa shape index (κ3) is 2.85. The lowest BCUT2D eigenvalue weighted by atomic mass is 9.87. The summed E-state index contributed by atoms with van der Waals surface area (Å²) in [5.41, 5.74) is -4.12. The number of hydrogen-bond acceptors (Lipinski definition) is 4.